The summed E-state index contributed by atoms with van der Waals surface area (Å²) in [6.45, 7) is 2.69. The highest BCUT2D eigenvalue weighted by molar-refractivity contribution is 5.82. The molecule has 0 unspecified atom stereocenters. The zero-order chi connectivity index (χ0) is 14.3. The third kappa shape index (κ3) is 5.01. The highest BCUT2D eigenvalue weighted by Gasteiger charge is 2.25. The van der Waals surface area contributed by atoms with E-state index in [1.54, 1.807) is 4.90 Å². The molecular weight excluding hydrogens is 254 g/mol. The summed E-state index contributed by atoms with van der Waals surface area (Å²) in [6.07, 6.45) is -0.00838. The molecule has 0 aliphatic carbocycles. The second-order valence-corrected chi connectivity index (χ2v) is 4.40. The number of nitrogens with zero attached hydrogens (tertiary/aromatic N) is 2. The van der Waals surface area contributed by atoms with Crippen LogP contribution in [0.2, 0.25) is 0 Å². The summed E-state index contributed by atoms with van der Waals surface area (Å²) in [5.41, 5.74) is 0. The molecule has 1 heterocycles. The molecule has 8 nitrogen and oxygen atoms in total. The molecule has 8 heteroatoms. The lowest BCUT2D eigenvalue weighted by atomic mass is 10.2. The molecular formula is C11H21N3O5. The van der Waals surface area contributed by atoms with Crippen molar-refractivity contribution in [2.45, 2.75) is 12.5 Å². The SMILES string of the molecule is O=C(O)[C@H](CCO)NC(=O)N1CCN(CCO)CC1. The third-order valence-corrected chi connectivity index (χ3v) is 3.09. The van der Waals surface area contributed by atoms with Crippen LogP contribution in [-0.2, 0) is 4.79 Å². The molecule has 0 radical (unpaired) electrons. The number of piperazine rings is 1. The van der Waals surface area contributed by atoms with Gasteiger partial charge in [-0.3, -0.25) is 4.90 Å². The van der Waals surface area contributed by atoms with Crippen LogP contribution in [0.15, 0.2) is 0 Å². The van der Waals surface area contributed by atoms with Gasteiger partial charge in [0, 0.05) is 45.8 Å². The predicted molar refractivity (Wildman–Crippen MR) is 66.8 cm³/mol. The Morgan fingerprint density at radius 1 is 1.11 bits per heavy atom. The van der Waals surface area contributed by atoms with Crippen LogP contribution in [0.25, 0.3) is 0 Å². The van der Waals surface area contributed by atoms with Crippen molar-refractivity contribution in [2.24, 2.45) is 0 Å². The molecule has 0 aromatic heterocycles. The predicted octanol–water partition coefficient (Wildman–Crippen LogP) is -1.86. The number of β-amino-alcohol motifs (C(OH)–C–C–N with tert-alkyl or cyclic N) is 1. The molecule has 1 fully saturated rings. The van der Waals surface area contributed by atoms with Gasteiger partial charge in [0.05, 0.1) is 6.61 Å². The fourth-order valence-corrected chi connectivity index (χ4v) is 1.94. The van der Waals surface area contributed by atoms with Crippen LogP contribution in [0.3, 0.4) is 0 Å². The van der Waals surface area contributed by atoms with E-state index in [1.807, 2.05) is 4.90 Å². The first-order valence-corrected chi connectivity index (χ1v) is 6.30. The van der Waals surface area contributed by atoms with Crippen molar-refractivity contribution in [2.75, 3.05) is 45.9 Å². The van der Waals surface area contributed by atoms with Crippen LogP contribution in [0.1, 0.15) is 6.42 Å². The number of carboxylic acid groups (broad SMARTS) is 1. The van der Waals surface area contributed by atoms with E-state index in [9.17, 15) is 9.59 Å². The average Bonchev–Trinajstić information content (AvgIpc) is 2.39. The van der Waals surface area contributed by atoms with Crippen LogP contribution in [0.5, 0.6) is 0 Å². The minimum Gasteiger partial charge on any atom is -0.480 e. The maximum Gasteiger partial charge on any atom is 0.326 e. The molecule has 0 aromatic rings. The van der Waals surface area contributed by atoms with Gasteiger partial charge in [-0.05, 0) is 0 Å². The largest absolute Gasteiger partial charge is 0.480 e. The molecule has 0 spiro atoms. The summed E-state index contributed by atoms with van der Waals surface area (Å²) >= 11 is 0. The molecule has 2 amide bonds. The van der Waals surface area contributed by atoms with Gasteiger partial charge in [-0.15, -0.1) is 0 Å². The summed E-state index contributed by atoms with van der Waals surface area (Å²) in [7, 11) is 0. The minimum atomic E-state index is -1.15. The second-order valence-electron chi connectivity index (χ2n) is 4.40. The van der Waals surface area contributed by atoms with Gasteiger partial charge >= 0.3 is 12.0 Å². The first-order valence-electron chi connectivity index (χ1n) is 6.30. The average molecular weight is 275 g/mol. The number of hydrogen-bond acceptors (Lipinski definition) is 5. The van der Waals surface area contributed by atoms with E-state index < -0.39 is 18.0 Å². The molecule has 1 saturated heterocycles. The number of rotatable bonds is 6. The van der Waals surface area contributed by atoms with Crippen molar-refractivity contribution in [3.8, 4) is 0 Å². The molecule has 1 rings (SSSR count). The number of urea groups is 1. The van der Waals surface area contributed by atoms with Gasteiger partial charge in [0.15, 0.2) is 0 Å². The number of aliphatic carboxylic acids is 1. The highest BCUT2D eigenvalue weighted by Crippen LogP contribution is 2.02. The number of hydrogen-bond donors (Lipinski definition) is 4. The first-order chi connectivity index (χ1) is 9.08. The van der Waals surface area contributed by atoms with Crippen LogP contribution in [-0.4, -0.2) is 89.1 Å². The smallest absolute Gasteiger partial charge is 0.326 e. The number of carbonyl (C=O) groups excluding carboxylic acids is 1. The van der Waals surface area contributed by atoms with E-state index in [-0.39, 0.29) is 19.6 Å². The Hall–Kier alpha value is -1.38. The van der Waals surface area contributed by atoms with Crippen molar-refractivity contribution in [3.05, 3.63) is 0 Å². The Balaban J connectivity index is 2.39. The van der Waals surface area contributed by atoms with Gasteiger partial charge in [-0.1, -0.05) is 0 Å². The lowest BCUT2D eigenvalue weighted by Crippen LogP contribution is -2.55. The monoisotopic (exact) mass is 275 g/mol. The Morgan fingerprint density at radius 2 is 1.74 bits per heavy atom. The topological polar surface area (TPSA) is 113 Å². The van der Waals surface area contributed by atoms with Crippen LogP contribution >= 0.6 is 0 Å². The number of amides is 2. The van der Waals surface area contributed by atoms with Gasteiger partial charge in [-0.25, -0.2) is 9.59 Å². The first kappa shape index (κ1) is 15.7. The van der Waals surface area contributed by atoms with Gasteiger partial charge < -0.3 is 25.5 Å². The van der Waals surface area contributed by atoms with E-state index in [0.29, 0.717) is 32.7 Å². The normalized spacial score (nSPS) is 18.1. The minimum absolute atomic E-state index is 0.00838. The molecule has 110 valence electrons. The molecule has 0 saturated carbocycles. The van der Waals surface area contributed by atoms with Gasteiger partial charge in [-0.2, -0.15) is 0 Å². The zero-order valence-electron chi connectivity index (χ0n) is 10.8. The number of aliphatic hydroxyl groups is 2. The molecule has 1 aliphatic rings. The van der Waals surface area contributed by atoms with Gasteiger partial charge in [0.25, 0.3) is 0 Å². The van der Waals surface area contributed by atoms with E-state index in [1.165, 1.54) is 0 Å². The van der Waals surface area contributed by atoms with Crippen LogP contribution in [0, 0.1) is 0 Å². The maximum absolute atomic E-state index is 11.9. The second kappa shape index (κ2) is 7.93. The van der Waals surface area contributed by atoms with Crippen molar-refractivity contribution in [1.29, 1.82) is 0 Å². The number of aliphatic hydroxyl groups excluding tert-OH is 2. The highest BCUT2D eigenvalue weighted by atomic mass is 16.4. The van der Waals surface area contributed by atoms with E-state index in [4.69, 9.17) is 15.3 Å². The summed E-state index contributed by atoms with van der Waals surface area (Å²) in [4.78, 5) is 26.3. The van der Waals surface area contributed by atoms with Crippen molar-refractivity contribution in [1.82, 2.24) is 15.1 Å². The van der Waals surface area contributed by atoms with E-state index >= 15 is 0 Å². The number of carbonyl (C=O) groups is 2. The third-order valence-electron chi connectivity index (χ3n) is 3.09. The lowest BCUT2D eigenvalue weighted by molar-refractivity contribution is -0.139. The Bertz CT molecular complexity index is 305. The fraction of sp³-hybridized carbons (Fsp3) is 0.818. The quantitative estimate of drug-likeness (QED) is 0.452. The van der Waals surface area contributed by atoms with Crippen LogP contribution in [0.4, 0.5) is 4.79 Å². The molecule has 0 aromatic carbocycles. The molecule has 19 heavy (non-hydrogen) atoms. The molecule has 4 N–H and O–H groups in total. The standard InChI is InChI=1S/C11H21N3O5/c15-7-1-9(10(17)18)12-11(19)14-4-2-13(3-5-14)6-8-16/h9,15-16H,1-8H2,(H,12,19)(H,17,18)/t9-/m0/s1. The number of carboxylic acids is 1. The zero-order valence-corrected chi connectivity index (χ0v) is 10.8. The summed E-state index contributed by atoms with van der Waals surface area (Å²) in [5, 5.41) is 28.8. The van der Waals surface area contributed by atoms with Crippen molar-refractivity contribution < 1.29 is 24.9 Å². The Labute approximate surface area is 111 Å². The molecule has 1 aliphatic heterocycles. The summed E-state index contributed by atoms with van der Waals surface area (Å²) in [6, 6.07) is -1.49. The molecule has 1 atom stereocenters. The van der Waals surface area contributed by atoms with Gasteiger partial charge in [0.1, 0.15) is 6.04 Å². The van der Waals surface area contributed by atoms with E-state index in [0.717, 1.165) is 0 Å². The van der Waals surface area contributed by atoms with E-state index in [2.05, 4.69) is 5.32 Å². The molecule has 0 bridgehead atoms. The van der Waals surface area contributed by atoms with Crippen molar-refractivity contribution >= 4 is 12.0 Å². The Morgan fingerprint density at radius 3 is 2.21 bits per heavy atom. The Kier molecular flexibility index (Phi) is 6.54. The van der Waals surface area contributed by atoms with Gasteiger partial charge in [0.2, 0.25) is 0 Å². The fourth-order valence-electron chi connectivity index (χ4n) is 1.94. The maximum atomic E-state index is 11.9. The van der Waals surface area contributed by atoms with Crippen molar-refractivity contribution in [3.63, 3.8) is 0 Å². The number of nitrogens with one attached hydrogen (secondary N) is 1. The van der Waals surface area contributed by atoms with Crippen LogP contribution < -0.4 is 5.32 Å². The summed E-state index contributed by atoms with van der Waals surface area (Å²) in [5.74, 6) is -1.15. The summed E-state index contributed by atoms with van der Waals surface area (Å²) < 4.78 is 0. The lowest BCUT2D eigenvalue weighted by Gasteiger charge is -2.34.